The number of nitrogens with zero attached hydrogens (tertiary/aromatic N) is 3. The molecular weight excluding hydrogens is 296 g/mol. The van der Waals surface area contributed by atoms with Gasteiger partial charge in [-0.15, -0.1) is 11.3 Å². The van der Waals surface area contributed by atoms with Crippen molar-refractivity contribution < 1.29 is 4.79 Å². The fraction of sp³-hybridized carbons (Fsp3) is 0.188. The average Bonchev–Trinajstić information content (AvgIpc) is 3.10. The lowest BCUT2D eigenvalue weighted by molar-refractivity contribution is -0.116. The first kappa shape index (κ1) is 14.5. The van der Waals surface area contributed by atoms with E-state index in [1.165, 1.54) is 6.08 Å². The largest absolute Gasteiger partial charge is 0.352 e. The Morgan fingerprint density at radius 3 is 3.09 bits per heavy atom. The summed E-state index contributed by atoms with van der Waals surface area (Å²) in [6, 6.07) is 5.88. The third-order valence-electron chi connectivity index (χ3n) is 3.14. The van der Waals surface area contributed by atoms with Crippen LogP contribution in [-0.2, 0) is 11.2 Å². The third-order valence-corrected chi connectivity index (χ3v) is 3.93. The maximum absolute atomic E-state index is 11.7. The lowest BCUT2D eigenvalue weighted by atomic mass is 10.3. The third kappa shape index (κ3) is 3.59. The van der Waals surface area contributed by atoms with Gasteiger partial charge in [0.2, 0.25) is 5.91 Å². The molecule has 0 spiro atoms. The Kier molecular flexibility index (Phi) is 4.29. The number of nitrogens with one attached hydrogen (secondary N) is 1. The fourth-order valence-corrected chi connectivity index (χ4v) is 2.68. The summed E-state index contributed by atoms with van der Waals surface area (Å²) in [5.74, 6) is -0.116. The highest BCUT2D eigenvalue weighted by Crippen LogP contribution is 2.09. The van der Waals surface area contributed by atoms with Crippen LogP contribution in [0.4, 0.5) is 0 Å². The second-order valence-corrected chi connectivity index (χ2v) is 5.93. The van der Waals surface area contributed by atoms with Crippen molar-refractivity contribution in [2.24, 2.45) is 0 Å². The van der Waals surface area contributed by atoms with E-state index in [-0.39, 0.29) is 5.91 Å². The van der Waals surface area contributed by atoms with Crippen molar-refractivity contribution in [1.82, 2.24) is 19.7 Å². The molecule has 0 bridgehead atoms. The molecule has 0 saturated carbocycles. The van der Waals surface area contributed by atoms with Gasteiger partial charge < -0.3 is 9.72 Å². The number of amides is 1. The van der Waals surface area contributed by atoms with Gasteiger partial charge in [-0.2, -0.15) is 0 Å². The summed E-state index contributed by atoms with van der Waals surface area (Å²) in [6.07, 6.45) is 7.89. The highest BCUT2D eigenvalue weighted by molar-refractivity contribution is 7.09. The standard InChI is InChI=1S/C16H16N4OS/c1-12-18-14(11-22-12)5-6-16(21)17-8-7-13-10-20-9-3-2-4-15(20)19-13/h2-6,9-11H,7-8H2,1H3,(H,17,21)/b6-5+. The number of rotatable bonds is 5. The second-order valence-electron chi connectivity index (χ2n) is 4.86. The first-order chi connectivity index (χ1) is 10.7. The Hall–Kier alpha value is -2.47. The number of fused-ring (bicyclic) bond motifs is 1. The molecule has 0 radical (unpaired) electrons. The maximum atomic E-state index is 11.7. The molecule has 0 unspecified atom stereocenters. The predicted molar refractivity (Wildman–Crippen MR) is 87.8 cm³/mol. The number of hydrogen-bond acceptors (Lipinski definition) is 4. The minimum absolute atomic E-state index is 0.116. The van der Waals surface area contributed by atoms with Crippen molar-refractivity contribution in [3.63, 3.8) is 0 Å². The van der Waals surface area contributed by atoms with Gasteiger partial charge in [-0.25, -0.2) is 9.97 Å². The van der Waals surface area contributed by atoms with Crippen molar-refractivity contribution in [3.8, 4) is 0 Å². The molecule has 5 nitrogen and oxygen atoms in total. The molecule has 0 atom stereocenters. The average molecular weight is 312 g/mol. The van der Waals surface area contributed by atoms with Crippen LogP contribution in [-0.4, -0.2) is 26.8 Å². The molecular formula is C16H16N4OS. The normalized spacial score (nSPS) is 11.3. The van der Waals surface area contributed by atoms with E-state index in [0.29, 0.717) is 13.0 Å². The lowest BCUT2D eigenvalue weighted by Gasteiger charge is -1.99. The first-order valence-electron chi connectivity index (χ1n) is 7.01. The Labute approximate surface area is 132 Å². The second kappa shape index (κ2) is 6.53. The van der Waals surface area contributed by atoms with Gasteiger partial charge in [0.15, 0.2) is 0 Å². The quantitative estimate of drug-likeness (QED) is 0.736. The lowest BCUT2D eigenvalue weighted by Crippen LogP contribution is -2.23. The van der Waals surface area contributed by atoms with Gasteiger partial charge in [0.25, 0.3) is 0 Å². The van der Waals surface area contributed by atoms with Crippen molar-refractivity contribution >= 4 is 29.0 Å². The number of aryl methyl sites for hydroxylation is 1. The number of carbonyl (C=O) groups is 1. The van der Waals surface area contributed by atoms with Gasteiger partial charge in [-0.3, -0.25) is 4.79 Å². The van der Waals surface area contributed by atoms with Crippen LogP contribution in [0.5, 0.6) is 0 Å². The molecule has 1 N–H and O–H groups in total. The summed E-state index contributed by atoms with van der Waals surface area (Å²) in [5.41, 5.74) is 2.70. The van der Waals surface area contributed by atoms with Crippen LogP contribution in [0.2, 0.25) is 0 Å². The fourth-order valence-electron chi connectivity index (χ4n) is 2.10. The van der Waals surface area contributed by atoms with Crippen LogP contribution in [0.15, 0.2) is 42.0 Å². The van der Waals surface area contributed by atoms with E-state index >= 15 is 0 Å². The van der Waals surface area contributed by atoms with E-state index in [1.54, 1.807) is 17.4 Å². The molecule has 0 fully saturated rings. The highest BCUT2D eigenvalue weighted by atomic mass is 32.1. The maximum Gasteiger partial charge on any atom is 0.244 e. The minimum Gasteiger partial charge on any atom is -0.352 e. The molecule has 0 aliphatic heterocycles. The number of carbonyl (C=O) groups excluding carboxylic acids is 1. The number of aromatic nitrogens is 3. The van der Waals surface area contributed by atoms with Gasteiger partial charge in [0.1, 0.15) is 5.65 Å². The minimum atomic E-state index is -0.116. The molecule has 22 heavy (non-hydrogen) atoms. The van der Waals surface area contributed by atoms with Gasteiger partial charge >= 0.3 is 0 Å². The van der Waals surface area contributed by atoms with Crippen LogP contribution in [0.1, 0.15) is 16.4 Å². The van der Waals surface area contributed by atoms with Crippen molar-refractivity contribution in [2.75, 3.05) is 6.54 Å². The van der Waals surface area contributed by atoms with E-state index in [4.69, 9.17) is 0 Å². The zero-order valence-electron chi connectivity index (χ0n) is 12.2. The van der Waals surface area contributed by atoms with Gasteiger partial charge in [-0.05, 0) is 25.1 Å². The molecule has 0 aliphatic rings. The van der Waals surface area contributed by atoms with Crippen molar-refractivity contribution in [1.29, 1.82) is 0 Å². The highest BCUT2D eigenvalue weighted by Gasteiger charge is 2.02. The van der Waals surface area contributed by atoms with Crippen LogP contribution in [0.3, 0.4) is 0 Å². The smallest absolute Gasteiger partial charge is 0.244 e. The van der Waals surface area contributed by atoms with Crippen molar-refractivity contribution in [2.45, 2.75) is 13.3 Å². The van der Waals surface area contributed by atoms with Crippen LogP contribution >= 0.6 is 11.3 Å². The molecule has 0 aromatic carbocycles. The number of hydrogen-bond donors (Lipinski definition) is 1. The van der Waals surface area contributed by atoms with Gasteiger partial charge in [0.05, 0.1) is 16.4 Å². The summed E-state index contributed by atoms with van der Waals surface area (Å²) >= 11 is 1.57. The van der Waals surface area contributed by atoms with Crippen LogP contribution in [0, 0.1) is 6.92 Å². The van der Waals surface area contributed by atoms with Gasteiger partial charge in [-0.1, -0.05) is 6.07 Å². The molecule has 1 amide bonds. The Morgan fingerprint density at radius 2 is 2.32 bits per heavy atom. The van der Waals surface area contributed by atoms with E-state index in [1.807, 2.05) is 47.3 Å². The molecule has 3 heterocycles. The summed E-state index contributed by atoms with van der Waals surface area (Å²) in [5, 5.41) is 5.77. The summed E-state index contributed by atoms with van der Waals surface area (Å²) in [7, 11) is 0. The van der Waals surface area contributed by atoms with Crippen molar-refractivity contribution in [3.05, 3.63) is 58.4 Å². The number of thiazole rings is 1. The van der Waals surface area contributed by atoms with E-state index in [0.717, 1.165) is 22.0 Å². The van der Waals surface area contributed by atoms with Gasteiger partial charge in [0, 0.05) is 36.8 Å². The molecule has 0 aliphatic carbocycles. The summed E-state index contributed by atoms with van der Waals surface area (Å²) in [6.45, 7) is 2.50. The predicted octanol–water partition coefficient (Wildman–Crippen LogP) is 2.47. The molecule has 6 heteroatoms. The van der Waals surface area contributed by atoms with E-state index in [2.05, 4.69) is 15.3 Å². The number of pyridine rings is 1. The van der Waals surface area contributed by atoms with Crippen LogP contribution in [0.25, 0.3) is 11.7 Å². The number of imidazole rings is 1. The Balaban J connectivity index is 1.50. The summed E-state index contributed by atoms with van der Waals surface area (Å²) < 4.78 is 1.97. The molecule has 3 rings (SSSR count). The molecule has 0 saturated heterocycles. The summed E-state index contributed by atoms with van der Waals surface area (Å²) in [4.78, 5) is 20.5. The Morgan fingerprint density at radius 1 is 1.41 bits per heavy atom. The SMILES string of the molecule is Cc1nc(/C=C/C(=O)NCCc2cn3ccccc3n2)cs1. The zero-order chi connectivity index (χ0) is 15.4. The molecule has 3 aromatic rings. The van der Waals surface area contributed by atoms with E-state index < -0.39 is 0 Å². The zero-order valence-corrected chi connectivity index (χ0v) is 13.0. The molecule has 112 valence electrons. The topological polar surface area (TPSA) is 59.3 Å². The van der Waals surface area contributed by atoms with Crippen LogP contribution < -0.4 is 5.32 Å². The Bertz CT molecular complexity index is 785. The van der Waals surface area contributed by atoms with E-state index in [9.17, 15) is 4.79 Å². The molecule has 3 aromatic heterocycles. The monoisotopic (exact) mass is 312 g/mol. The first-order valence-corrected chi connectivity index (χ1v) is 7.89.